The Kier molecular flexibility index (Phi) is 3.39. The first-order valence-corrected chi connectivity index (χ1v) is 8.30. The highest BCUT2D eigenvalue weighted by Gasteiger charge is 2.53. The highest BCUT2D eigenvalue weighted by atomic mass is 32.1. The average molecular weight is 301 g/mol. The largest absolute Gasteiger partial charge is 0.384 e. The Labute approximate surface area is 128 Å². The van der Waals surface area contributed by atoms with Crippen LogP contribution in [0.4, 0.5) is 5.13 Å². The first-order valence-electron chi connectivity index (χ1n) is 7.52. The number of hydrogen-bond donors (Lipinski definition) is 1. The molecule has 0 saturated heterocycles. The summed E-state index contributed by atoms with van der Waals surface area (Å²) in [5.41, 5.74) is 3.07. The fraction of sp³-hybridized carbons (Fsp3) is 0.500. The molecule has 1 fully saturated rings. The zero-order valence-corrected chi connectivity index (χ0v) is 12.9. The molecule has 110 valence electrons. The van der Waals surface area contributed by atoms with Crippen molar-refractivity contribution in [3.05, 3.63) is 41.2 Å². The second-order valence-electron chi connectivity index (χ2n) is 5.86. The second-order valence-corrected chi connectivity index (χ2v) is 6.61. The smallest absolute Gasteiger partial charge is 0.202 e. The SMILES string of the molecule is COCCc1nsc(NC2C3CCc4ccccc4C32)n1. The van der Waals surface area contributed by atoms with E-state index < -0.39 is 0 Å². The van der Waals surface area contributed by atoms with Crippen LogP contribution >= 0.6 is 11.5 Å². The number of anilines is 1. The van der Waals surface area contributed by atoms with Crippen LogP contribution in [-0.2, 0) is 17.6 Å². The van der Waals surface area contributed by atoms with Crippen molar-refractivity contribution in [3.63, 3.8) is 0 Å². The molecule has 3 unspecified atom stereocenters. The third-order valence-electron chi connectivity index (χ3n) is 4.62. The van der Waals surface area contributed by atoms with Crippen molar-refractivity contribution < 1.29 is 4.74 Å². The molecule has 1 N–H and O–H groups in total. The number of nitrogens with zero attached hydrogens (tertiary/aromatic N) is 2. The Balaban J connectivity index is 1.45. The molecule has 0 radical (unpaired) electrons. The molecule has 0 aliphatic heterocycles. The highest BCUT2D eigenvalue weighted by Crippen LogP contribution is 2.55. The van der Waals surface area contributed by atoms with Crippen molar-refractivity contribution in [3.8, 4) is 0 Å². The van der Waals surface area contributed by atoms with Crippen LogP contribution in [0.1, 0.15) is 29.3 Å². The van der Waals surface area contributed by atoms with Crippen molar-refractivity contribution >= 4 is 16.7 Å². The topological polar surface area (TPSA) is 47.0 Å². The second kappa shape index (κ2) is 5.39. The molecular formula is C16H19N3OS. The van der Waals surface area contributed by atoms with Gasteiger partial charge in [-0.3, -0.25) is 0 Å². The summed E-state index contributed by atoms with van der Waals surface area (Å²) in [4.78, 5) is 4.56. The van der Waals surface area contributed by atoms with Crippen LogP contribution in [0.3, 0.4) is 0 Å². The van der Waals surface area contributed by atoms with Crippen LogP contribution in [0, 0.1) is 5.92 Å². The van der Waals surface area contributed by atoms with Crippen molar-refractivity contribution in [2.75, 3.05) is 19.0 Å². The van der Waals surface area contributed by atoms with Gasteiger partial charge in [-0.05, 0) is 29.9 Å². The van der Waals surface area contributed by atoms with Crippen LogP contribution in [0.25, 0.3) is 0 Å². The number of hydrogen-bond acceptors (Lipinski definition) is 5. The molecule has 5 heteroatoms. The molecule has 4 rings (SSSR count). The van der Waals surface area contributed by atoms with Gasteiger partial charge in [-0.1, -0.05) is 24.3 Å². The molecule has 3 atom stereocenters. The molecule has 4 nitrogen and oxygen atoms in total. The molecular weight excluding hydrogens is 282 g/mol. The number of nitrogens with one attached hydrogen (secondary N) is 1. The van der Waals surface area contributed by atoms with Crippen LogP contribution in [0.2, 0.25) is 0 Å². The van der Waals surface area contributed by atoms with E-state index in [1.54, 1.807) is 7.11 Å². The maximum absolute atomic E-state index is 5.07. The van der Waals surface area contributed by atoms with Gasteiger partial charge in [0.2, 0.25) is 5.13 Å². The predicted molar refractivity (Wildman–Crippen MR) is 83.9 cm³/mol. The van der Waals surface area contributed by atoms with Gasteiger partial charge in [-0.25, -0.2) is 4.98 Å². The van der Waals surface area contributed by atoms with Gasteiger partial charge in [0.1, 0.15) is 5.82 Å². The number of aryl methyl sites for hydroxylation is 1. The molecule has 2 aromatic rings. The van der Waals surface area contributed by atoms with Crippen LogP contribution in [-0.4, -0.2) is 29.1 Å². The summed E-state index contributed by atoms with van der Waals surface area (Å²) in [6.07, 6.45) is 3.29. The van der Waals surface area contributed by atoms with Crippen LogP contribution in [0.15, 0.2) is 24.3 Å². The number of benzene rings is 1. The van der Waals surface area contributed by atoms with Crippen LogP contribution < -0.4 is 5.32 Å². The van der Waals surface area contributed by atoms with Gasteiger partial charge < -0.3 is 10.1 Å². The monoisotopic (exact) mass is 301 g/mol. The molecule has 2 aliphatic rings. The van der Waals surface area contributed by atoms with Gasteiger partial charge >= 0.3 is 0 Å². The summed E-state index contributed by atoms with van der Waals surface area (Å²) >= 11 is 1.47. The van der Waals surface area contributed by atoms with Gasteiger partial charge in [0.15, 0.2) is 0 Å². The van der Waals surface area contributed by atoms with Gasteiger partial charge in [-0.2, -0.15) is 4.37 Å². The average Bonchev–Trinajstić information content (AvgIpc) is 3.03. The Morgan fingerprint density at radius 3 is 3.19 bits per heavy atom. The fourth-order valence-electron chi connectivity index (χ4n) is 3.51. The molecule has 1 heterocycles. The molecule has 1 aromatic carbocycles. The van der Waals surface area contributed by atoms with E-state index in [1.807, 2.05) is 0 Å². The van der Waals surface area contributed by atoms with Crippen molar-refractivity contribution in [2.24, 2.45) is 5.92 Å². The Morgan fingerprint density at radius 1 is 1.38 bits per heavy atom. The Hall–Kier alpha value is -1.46. The first kappa shape index (κ1) is 13.2. The molecule has 0 bridgehead atoms. The minimum Gasteiger partial charge on any atom is -0.384 e. The Bertz CT molecular complexity index is 642. The summed E-state index contributed by atoms with van der Waals surface area (Å²) in [6.45, 7) is 0.679. The first-order chi connectivity index (χ1) is 10.4. The molecule has 21 heavy (non-hydrogen) atoms. The zero-order valence-electron chi connectivity index (χ0n) is 12.1. The molecule has 2 aliphatic carbocycles. The van der Waals surface area contributed by atoms with E-state index in [1.165, 1.54) is 35.5 Å². The number of rotatable bonds is 5. The van der Waals surface area contributed by atoms with Gasteiger partial charge in [-0.15, -0.1) is 0 Å². The lowest BCUT2D eigenvalue weighted by Crippen LogP contribution is -2.05. The van der Waals surface area contributed by atoms with Crippen molar-refractivity contribution in [1.29, 1.82) is 0 Å². The highest BCUT2D eigenvalue weighted by molar-refractivity contribution is 7.09. The lowest BCUT2D eigenvalue weighted by molar-refractivity contribution is 0.201. The van der Waals surface area contributed by atoms with E-state index in [0.717, 1.165) is 23.3 Å². The third-order valence-corrected chi connectivity index (χ3v) is 5.30. The summed E-state index contributed by atoms with van der Waals surface area (Å²) < 4.78 is 9.45. The Morgan fingerprint density at radius 2 is 2.29 bits per heavy atom. The van der Waals surface area contributed by atoms with E-state index in [9.17, 15) is 0 Å². The van der Waals surface area contributed by atoms with Gasteiger partial charge in [0.05, 0.1) is 6.61 Å². The van der Waals surface area contributed by atoms with Crippen molar-refractivity contribution in [2.45, 2.75) is 31.2 Å². The summed E-state index contributed by atoms with van der Waals surface area (Å²) in [5.74, 6) is 2.32. The summed E-state index contributed by atoms with van der Waals surface area (Å²) in [6, 6.07) is 9.41. The molecule has 1 aromatic heterocycles. The quantitative estimate of drug-likeness (QED) is 0.922. The number of methoxy groups -OCH3 is 1. The van der Waals surface area contributed by atoms with E-state index in [2.05, 4.69) is 38.9 Å². The molecule has 0 spiro atoms. The fourth-order valence-corrected chi connectivity index (χ4v) is 4.17. The summed E-state index contributed by atoms with van der Waals surface area (Å²) in [5, 5.41) is 4.56. The van der Waals surface area contributed by atoms with E-state index >= 15 is 0 Å². The lowest BCUT2D eigenvalue weighted by Gasteiger charge is -2.13. The van der Waals surface area contributed by atoms with Gasteiger partial charge in [0, 0.05) is 37.0 Å². The molecule has 0 amide bonds. The van der Waals surface area contributed by atoms with Crippen LogP contribution in [0.5, 0.6) is 0 Å². The lowest BCUT2D eigenvalue weighted by atomic mass is 9.92. The van der Waals surface area contributed by atoms with E-state index in [0.29, 0.717) is 18.6 Å². The normalized spacial score (nSPS) is 26.0. The van der Waals surface area contributed by atoms with E-state index in [4.69, 9.17) is 4.74 Å². The third kappa shape index (κ3) is 2.45. The zero-order chi connectivity index (χ0) is 14.2. The number of aromatic nitrogens is 2. The predicted octanol–water partition coefficient (Wildman–Crippen LogP) is 2.87. The minimum absolute atomic E-state index is 0.539. The maximum atomic E-state index is 5.07. The number of fused-ring (bicyclic) bond motifs is 3. The minimum atomic E-state index is 0.539. The van der Waals surface area contributed by atoms with Crippen molar-refractivity contribution in [1.82, 2.24) is 9.36 Å². The molecule has 1 saturated carbocycles. The standard InChI is InChI=1S/C16H19N3OS/c1-20-9-8-13-17-16(21-19-13)18-15-12-7-6-10-4-2-3-5-11(10)14(12)15/h2-5,12,14-15H,6-9H2,1H3,(H,17,18,19). The van der Waals surface area contributed by atoms with Gasteiger partial charge in [0.25, 0.3) is 0 Å². The summed E-state index contributed by atoms with van der Waals surface area (Å²) in [7, 11) is 1.71. The van der Waals surface area contributed by atoms with E-state index in [-0.39, 0.29) is 0 Å². The maximum Gasteiger partial charge on any atom is 0.202 e. The number of ether oxygens (including phenoxy) is 1.